The van der Waals surface area contributed by atoms with E-state index in [9.17, 15) is 0 Å². The van der Waals surface area contributed by atoms with Crippen molar-refractivity contribution < 1.29 is 5.65 Å². The topological polar surface area (TPSA) is 140 Å². The van der Waals surface area contributed by atoms with Gasteiger partial charge in [-0.3, -0.25) is 0 Å². The van der Waals surface area contributed by atoms with Crippen LogP contribution >= 0.6 is 0 Å². The number of hydrogen-bond donors (Lipinski definition) is 4. The van der Waals surface area contributed by atoms with E-state index in [1.807, 2.05) is 0 Å². The first-order valence-electron chi connectivity index (χ1n) is 2.31. The van der Waals surface area contributed by atoms with Gasteiger partial charge in [-0.15, -0.1) is 0 Å². The van der Waals surface area contributed by atoms with Crippen LogP contribution in [0.25, 0.3) is 0 Å². The van der Waals surface area contributed by atoms with Gasteiger partial charge >= 0.3 is 0 Å². The van der Waals surface area contributed by atoms with Crippen molar-refractivity contribution >= 4 is 0 Å². The van der Waals surface area contributed by atoms with E-state index in [2.05, 4.69) is 24.6 Å². The summed E-state index contributed by atoms with van der Waals surface area (Å²) >= 11 is 0. The number of hydrogen-bond acceptors (Lipinski definition) is 4. The van der Waals surface area contributed by atoms with E-state index in [0.717, 1.165) is 0 Å². The van der Waals surface area contributed by atoms with Crippen LogP contribution in [0.3, 0.4) is 0 Å². The van der Waals surface area contributed by atoms with Crippen molar-refractivity contribution in [2.45, 2.75) is 89.1 Å². The van der Waals surface area contributed by atoms with Crippen LogP contribution < -0.4 is 24.6 Å². The van der Waals surface area contributed by atoms with Gasteiger partial charge in [0.25, 0.3) is 0 Å². The summed E-state index contributed by atoms with van der Waals surface area (Å²) in [6, 6.07) is 0. The van der Waals surface area contributed by atoms with Crippen LogP contribution in [0.1, 0.15) is 89.1 Å². The van der Waals surface area contributed by atoms with Crippen molar-refractivity contribution in [2.75, 3.05) is 0 Å². The fourth-order valence-corrected chi connectivity index (χ4v) is 0. The Labute approximate surface area is 120 Å². The molecule has 0 rings (SSSR count). The van der Waals surface area contributed by atoms with E-state index in [1.165, 1.54) is 0 Å². The molecule has 0 fully saturated rings. The van der Waals surface area contributed by atoms with Gasteiger partial charge in [0.15, 0.2) is 0 Å². The Morgan fingerprint density at radius 3 is 0.250 bits per heavy atom. The lowest BCUT2D eigenvalue weighted by Gasteiger charge is -0.345. The molecule has 0 saturated heterocycles. The minimum Gasteiger partial charge on any atom is -0.344 e. The zero-order chi connectivity index (χ0) is 8.00. The Hall–Kier alpha value is -0.160. The highest BCUT2D eigenvalue weighted by atomic mass is 14.0. The molecule has 0 amide bonds. The van der Waals surface area contributed by atoms with E-state index in [1.54, 1.807) is 0 Å². The lowest BCUT2D eigenvalue weighted by Crippen LogP contribution is -0.482. The van der Waals surface area contributed by atoms with Crippen LogP contribution in [0.5, 0.6) is 0 Å². The maximum Gasteiger partial charge on any atom is 0.115 e. The van der Waals surface area contributed by atoms with E-state index in [-0.39, 0.29) is 89.1 Å². The quantitative estimate of drug-likeness (QED) is 0.349. The molecular formula is C12H60N4. The molecular weight excluding hydrogens is 200 g/mol. The van der Waals surface area contributed by atoms with Crippen molar-refractivity contribution in [3.05, 3.63) is 0 Å². The third kappa shape index (κ3) is 89100. The van der Waals surface area contributed by atoms with Crippen LogP contribution in [0, 0.1) is 0 Å². The van der Waals surface area contributed by atoms with Gasteiger partial charge < -0.3 is 24.6 Å². The molecule has 16 heavy (non-hydrogen) atoms. The molecule has 0 spiro atoms. The van der Waals surface area contributed by atoms with Gasteiger partial charge in [0, 0.05) is 0 Å². The molecule has 0 saturated carbocycles. The molecule has 128 valence electrons. The summed E-state index contributed by atoms with van der Waals surface area (Å²) in [4.78, 5) is 0. The molecule has 0 aliphatic rings. The first-order chi connectivity index (χ1) is 4.00. The van der Waals surface area contributed by atoms with E-state index in [0.29, 0.717) is 0 Å². The summed E-state index contributed by atoms with van der Waals surface area (Å²) in [6.07, 6.45) is 15.0. The smallest absolute Gasteiger partial charge is 0.115 e. The predicted octanol–water partition coefficient (Wildman–Crippen LogP) is 8.28. The second kappa shape index (κ2) is 111000. The highest BCUT2D eigenvalue weighted by Gasteiger charge is -0.0664. The molecule has 0 radical (unpaired) electrons. The third-order valence-corrected chi connectivity index (χ3v) is 0. The highest BCUT2D eigenvalue weighted by molar-refractivity contribution is 2.51. The standard InChI is InChI=1S/12CH4.4H3N/h12*1H4;4*1H3/i/hD4. The molecule has 0 aromatic carbocycles. The molecule has 0 aliphatic carbocycles. The zero-order valence-corrected chi connectivity index (χ0v) is 2.31. The maximum absolute atomic E-state index is 5.25. The molecule has 0 heterocycles. The summed E-state index contributed by atoms with van der Waals surface area (Å²) in [7, 11) is 0. The van der Waals surface area contributed by atoms with Crippen LogP contribution in [0.15, 0.2) is 0 Å². The highest BCUT2D eigenvalue weighted by Crippen LogP contribution is 0.155. The second-order valence-corrected chi connectivity index (χ2v) is 0. The fraction of sp³-hybridized carbons (Fsp3) is 1.00. The fourth-order valence-electron chi connectivity index (χ4n) is 0. The Kier molecular flexibility index (Phi) is 1640000. The Balaban J connectivity index is -0.000000000635. The SMILES string of the molecule is C.C.C.C.C.C.C.C.C.C.C.C.[2H]N.[2H]N.[2H]N.[2H]N. The molecule has 0 aromatic heterocycles. The molecule has 4 nitrogen and oxygen atoms in total. The Bertz CT molecular complexity index is 27.4. The van der Waals surface area contributed by atoms with Crippen molar-refractivity contribution in [1.29, 1.82) is 0 Å². The van der Waals surface area contributed by atoms with Gasteiger partial charge in [0.05, 0.1) is 0 Å². The van der Waals surface area contributed by atoms with E-state index in [4.69, 9.17) is 5.65 Å². The minimum atomic E-state index is 0. The first kappa shape index (κ1) is 237. The first-order valence-corrected chi connectivity index (χ1v) is 0. The Morgan fingerprint density at radius 2 is 0.250 bits per heavy atom. The van der Waals surface area contributed by atoms with Gasteiger partial charge in [-0.05, 0) is 0 Å². The minimum absolute atomic E-state index is 0. The van der Waals surface area contributed by atoms with Crippen LogP contribution in [0.2, 0.25) is 5.65 Å². The van der Waals surface area contributed by atoms with E-state index >= 15 is 0 Å². The van der Waals surface area contributed by atoms with E-state index < -0.39 is 0 Å². The van der Waals surface area contributed by atoms with Gasteiger partial charge in [-0.2, -0.15) is 0 Å². The molecule has 0 aliphatic heterocycles. The molecule has 0 unspecified atom stereocenters. The summed E-state index contributed by atoms with van der Waals surface area (Å²) in [5, 5.41) is 0. The Morgan fingerprint density at radius 1 is 0.250 bits per heavy atom. The monoisotopic (exact) mass is 265 g/mol. The van der Waals surface area contributed by atoms with Crippen molar-refractivity contribution in [3.8, 4) is 0 Å². The zero-order valence-electron chi connectivity index (χ0n) is 6.31. The largest absolute Gasteiger partial charge is 0.344 e. The molecule has 0 bridgehead atoms. The van der Waals surface area contributed by atoms with Crippen LogP contribution in [0.4, 0.5) is 0 Å². The number of rotatable bonds is 0. The van der Waals surface area contributed by atoms with Gasteiger partial charge in [0.1, 0.15) is 5.65 Å². The summed E-state index contributed by atoms with van der Waals surface area (Å²) in [5.74, 6) is 0. The van der Waals surface area contributed by atoms with Gasteiger partial charge in [-0.1, -0.05) is 89.1 Å². The van der Waals surface area contributed by atoms with Crippen molar-refractivity contribution in [1.82, 2.24) is 24.6 Å². The lowest BCUT2D eigenvalue weighted by molar-refractivity contribution is 2.13. The molecule has 4 heteroatoms. The van der Waals surface area contributed by atoms with Gasteiger partial charge in [-0.25, -0.2) is 0 Å². The van der Waals surface area contributed by atoms with Gasteiger partial charge in [0.2, 0.25) is 0 Å². The molecule has 0 atom stereocenters. The lowest BCUT2D eigenvalue weighted by atomic mass is 12.0. The van der Waals surface area contributed by atoms with Crippen molar-refractivity contribution in [2.24, 2.45) is 0 Å². The summed E-state index contributed by atoms with van der Waals surface area (Å²) in [5.41, 5.74) is 0. The third-order valence-electron chi connectivity index (χ3n) is 0. The van der Waals surface area contributed by atoms with Crippen LogP contribution in [-0.4, -0.2) is 0 Å². The summed E-state index contributed by atoms with van der Waals surface area (Å²) in [6.45, 7) is 0. The average Bonchev–Trinajstić information content (AvgIpc) is 2.03. The van der Waals surface area contributed by atoms with Crippen LogP contribution in [-0.2, 0) is 0 Å². The maximum atomic E-state index is 5.25. The van der Waals surface area contributed by atoms with Crippen molar-refractivity contribution in [3.63, 3.8) is 0 Å². The average molecular weight is 265 g/mol. The molecule has 12 N–H and O–H groups in total. The second-order valence-electron chi connectivity index (χ2n) is 0. The predicted molar refractivity (Wildman–Crippen MR) is 101 cm³/mol. The summed E-state index contributed by atoms with van der Waals surface area (Å²) < 4.78 is 21.0. The normalized spacial score (nSPS) is 1.75. The molecule has 0 aromatic rings.